The number of aliphatic hydroxyl groups is 1. The summed E-state index contributed by atoms with van der Waals surface area (Å²) in [5.74, 6) is -0.00948. The van der Waals surface area contributed by atoms with Crippen LogP contribution in [0.5, 0.6) is 0 Å². The monoisotopic (exact) mass is 342 g/mol. The zero-order valence-electron chi connectivity index (χ0n) is 15.2. The number of amides is 1. The van der Waals surface area contributed by atoms with Gasteiger partial charge in [0.1, 0.15) is 5.56 Å². The van der Waals surface area contributed by atoms with E-state index in [1.165, 1.54) is 5.56 Å². The molecule has 0 bridgehead atoms. The first-order valence-electron chi connectivity index (χ1n) is 8.55. The molecule has 0 fully saturated rings. The molecule has 0 radical (unpaired) electrons. The van der Waals surface area contributed by atoms with Gasteiger partial charge in [-0.05, 0) is 48.9 Å². The van der Waals surface area contributed by atoms with Gasteiger partial charge in [-0.25, -0.2) is 0 Å². The van der Waals surface area contributed by atoms with Crippen LogP contribution in [0.3, 0.4) is 0 Å². The topological polar surface area (TPSA) is 82.2 Å². The molecule has 1 aromatic carbocycles. The number of aromatic nitrogens is 1. The number of carbonyl (C=O) groups is 1. The summed E-state index contributed by atoms with van der Waals surface area (Å²) in [4.78, 5) is 27.3. The van der Waals surface area contributed by atoms with Crippen LogP contribution < -0.4 is 10.9 Å². The van der Waals surface area contributed by atoms with E-state index in [2.05, 4.69) is 24.1 Å². The molecule has 0 aliphatic carbocycles. The molecule has 0 spiro atoms. The Morgan fingerprint density at radius 3 is 2.32 bits per heavy atom. The summed E-state index contributed by atoms with van der Waals surface area (Å²) >= 11 is 0. The lowest BCUT2D eigenvalue weighted by molar-refractivity contribution is 0.0928. The largest absolute Gasteiger partial charge is 0.396 e. The average Bonchev–Trinajstić information content (AvgIpc) is 2.57. The van der Waals surface area contributed by atoms with Gasteiger partial charge in [-0.2, -0.15) is 0 Å². The maximum Gasteiger partial charge on any atom is 0.261 e. The van der Waals surface area contributed by atoms with Gasteiger partial charge in [0, 0.05) is 12.3 Å². The van der Waals surface area contributed by atoms with Crippen LogP contribution in [0.1, 0.15) is 65.0 Å². The summed E-state index contributed by atoms with van der Waals surface area (Å²) in [6, 6.07) is 9.22. The lowest BCUT2D eigenvalue weighted by Crippen LogP contribution is -2.33. The van der Waals surface area contributed by atoms with E-state index in [1.807, 2.05) is 31.2 Å². The predicted molar refractivity (Wildman–Crippen MR) is 99.0 cm³/mol. The number of aliphatic hydroxyl groups excluding tert-OH is 1. The van der Waals surface area contributed by atoms with Crippen molar-refractivity contribution in [1.82, 2.24) is 10.3 Å². The summed E-state index contributed by atoms with van der Waals surface area (Å²) in [6.45, 7) is 7.82. The van der Waals surface area contributed by atoms with Crippen LogP contribution in [0.15, 0.2) is 35.1 Å². The summed E-state index contributed by atoms with van der Waals surface area (Å²) in [7, 11) is 0. The van der Waals surface area contributed by atoms with E-state index in [0.29, 0.717) is 12.3 Å². The van der Waals surface area contributed by atoms with Crippen LogP contribution in [0.4, 0.5) is 0 Å². The van der Waals surface area contributed by atoms with E-state index in [9.17, 15) is 14.7 Å². The smallest absolute Gasteiger partial charge is 0.261 e. The fourth-order valence-corrected chi connectivity index (χ4v) is 2.70. The van der Waals surface area contributed by atoms with Crippen LogP contribution in [0, 0.1) is 13.8 Å². The van der Waals surface area contributed by atoms with Crippen molar-refractivity contribution in [3.05, 3.63) is 68.6 Å². The van der Waals surface area contributed by atoms with E-state index in [4.69, 9.17) is 0 Å². The van der Waals surface area contributed by atoms with Crippen LogP contribution in [-0.2, 0) is 0 Å². The first-order chi connectivity index (χ1) is 11.8. The molecule has 0 saturated heterocycles. The minimum Gasteiger partial charge on any atom is -0.396 e. The van der Waals surface area contributed by atoms with Crippen molar-refractivity contribution in [3.8, 4) is 0 Å². The summed E-state index contributed by atoms with van der Waals surface area (Å²) in [5, 5.41) is 12.2. The van der Waals surface area contributed by atoms with Gasteiger partial charge in [0.05, 0.1) is 6.04 Å². The third kappa shape index (κ3) is 4.57. The van der Waals surface area contributed by atoms with E-state index in [-0.39, 0.29) is 18.2 Å². The molecule has 1 amide bonds. The number of pyridine rings is 1. The quantitative estimate of drug-likeness (QED) is 0.755. The second-order valence-corrected chi connectivity index (χ2v) is 6.68. The molecule has 1 atom stereocenters. The molecule has 5 heteroatoms. The first kappa shape index (κ1) is 18.9. The molecule has 0 saturated carbocycles. The van der Waals surface area contributed by atoms with Crippen LogP contribution in [-0.4, -0.2) is 22.6 Å². The standard InChI is InChI=1S/C20H26N2O3/c1-12(2)15-5-7-16(8-6-15)18(9-10-23)22-20(25)17-11-13(3)14(4)21-19(17)24/h5-8,11-12,18,23H,9-10H2,1-4H3,(H,21,24)(H,22,25)/t18-/m1/s1. The molecule has 5 nitrogen and oxygen atoms in total. The third-order valence-electron chi connectivity index (χ3n) is 4.47. The summed E-state index contributed by atoms with van der Waals surface area (Å²) < 4.78 is 0. The number of hydrogen-bond acceptors (Lipinski definition) is 3. The van der Waals surface area contributed by atoms with Crippen molar-refractivity contribution in [3.63, 3.8) is 0 Å². The minimum absolute atomic E-state index is 0.0554. The van der Waals surface area contributed by atoms with Crippen LogP contribution >= 0.6 is 0 Å². The highest BCUT2D eigenvalue weighted by molar-refractivity contribution is 5.94. The zero-order valence-corrected chi connectivity index (χ0v) is 15.2. The number of nitrogens with one attached hydrogen (secondary N) is 2. The van der Waals surface area contributed by atoms with Crippen molar-refractivity contribution >= 4 is 5.91 Å². The Morgan fingerprint density at radius 1 is 1.16 bits per heavy atom. The van der Waals surface area contributed by atoms with E-state index >= 15 is 0 Å². The number of carbonyl (C=O) groups excluding carboxylic acids is 1. The minimum atomic E-state index is -0.435. The molecule has 2 aromatic rings. The molecular weight excluding hydrogens is 316 g/mol. The first-order valence-corrected chi connectivity index (χ1v) is 8.55. The van der Waals surface area contributed by atoms with Gasteiger partial charge in [-0.3, -0.25) is 9.59 Å². The van der Waals surface area contributed by atoms with Crippen LogP contribution in [0.25, 0.3) is 0 Å². The van der Waals surface area contributed by atoms with E-state index in [1.54, 1.807) is 13.0 Å². The lowest BCUT2D eigenvalue weighted by atomic mass is 9.97. The second-order valence-electron chi connectivity index (χ2n) is 6.68. The molecule has 0 aliphatic rings. The molecular formula is C20H26N2O3. The average molecular weight is 342 g/mol. The Kier molecular flexibility index (Phi) is 6.15. The number of hydrogen-bond donors (Lipinski definition) is 3. The lowest BCUT2D eigenvalue weighted by Gasteiger charge is -2.19. The fraction of sp³-hybridized carbons (Fsp3) is 0.400. The van der Waals surface area contributed by atoms with Gasteiger partial charge in [-0.15, -0.1) is 0 Å². The Bertz CT molecular complexity index is 792. The highest BCUT2D eigenvalue weighted by Gasteiger charge is 2.18. The Hall–Kier alpha value is -2.40. The molecule has 1 aromatic heterocycles. The van der Waals surface area contributed by atoms with Crippen molar-refractivity contribution in [2.45, 2.75) is 46.1 Å². The molecule has 134 valence electrons. The van der Waals surface area contributed by atoms with Gasteiger partial charge in [0.15, 0.2) is 0 Å². The molecule has 0 unspecified atom stereocenters. The van der Waals surface area contributed by atoms with Crippen molar-refractivity contribution < 1.29 is 9.90 Å². The van der Waals surface area contributed by atoms with Gasteiger partial charge < -0.3 is 15.4 Å². The van der Waals surface area contributed by atoms with Gasteiger partial charge in [0.2, 0.25) is 0 Å². The Morgan fingerprint density at radius 2 is 1.76 bits per heavy atom. The van der Waals surface area contributed by atoms with Crippen molar-refractivity contribution in [2.24, 2.45) is 0 Å². The number of aryl methyl sites for hydroxylation is 2. The van der Waals surface area contributed by atoms with Crippen molar-refractivity contribution in [1.29, 1.82) is 0 Å². The zero-order chi connectivity index (χ0) is 18.6. The summed E-state index contributed by atoms with van der Waals surface area (Å²) in [6.07, 6.45) is 0.384. The maximum absolute atomic E-state index is 12.6. The molecule has 2 rings (SSSR count). The molecule has 3 N–H and O–H groups in total. The number of aromatic amines is 1. The molecule has 0 aliphatic heterocycles. The number of H-pyrrole nitrogens is 1. The Balaban J connectivity index is 2.25. The van der Waals surface area contributed by atoms with Gasteiger partial charge in [0.25, 0.3) is 11.5 Å². The molecule has 1 heterocycles. The van der Waals surface area contributed by atoms with Gasteiger partial charge in [-0.1, -0.05) is 38.1 Å². The highest BCUT2D eigenvalue weighted by atomic mass is 16.3. The number of benzene rings is 1. The second kappa shape index (κ2) is 8.12. The van der Waals surface area contributed by atoms with Crippen LogP contribution in [0.2, 0.25) is 0 Å². The predicted octanol–water partition coefficient (Wildman–Crippen LogP) is 2.97. The Labute approximate surface area is 148 Å². The molecule has 25 heavy (non-hydrogen) atoms. The van der Waals surface area contributed by atoms with E-state index in [0.717, 1.165) is 16.8 Å². The SMILES string of the molecule is Cc1cc(C(=O)N[C@H](CCO)c2ccc(C(C)C)cc2)c(=O)[nH]c1C. The van der Waals surface area contributed by atoms with Crippen molar-refractivity contribution in [2.75, 3.05) is 6.61 Å². The third-order valence-corrected chi connectivity index (χ3v) is 4.47. The summed E-state index contributed by atoms with van der Waals surface area (Å²) in [5.41, 5.74) is 3.40. The van der Waals surface area contributed by atoms with E-state index < -0.39 is 11.5 Å². The van der Waals surface area contributed by atoms with Gasteiger partial charge >= 0.3 is 0 Å². The fourth-order valence-electron chi connectivity index (χ4n) is 2.70. The number of rotatable bonds is 6. The maximum atomic E-state index is 12.6. The highest BCUT2D eigenvalue weighted by Crippen LogP contribution is 2.21. The normalized spacial score (nSPS) is 12.2.